The van der Waals surface area contributed by atoms with Crippen LogP contribution < -0.4 is 19.5 Å². The smallest absolute Gasteiger partial charge is 0.269 e. The van der Waals surface area contributed by atoms with Gasteiger partial charge < -0.3 is 34.8 Å². The Morgan fingerprint density at radius 3 is 2.25 bits per heavy atom. The SMILES string of the molecule is COc1c(C)c(OC)c2c(c1O)[C@H]1[C@@H]3Cc4c(OC)c(C)c(CO)c(O)c4[C@H](CNC(=O)c4ccc5ccc(C)cc5n4)N3[C@@H](C#N)[C@@H](C2)N1C. The summed E-state index contributed by atoms with van der Waals surface area (Å²) in [7, 11) is 6.63. The van der Waals surface area contributed by atoms with Crippen LogP contribution in [0.2, 0.25) is 0 Å². The fourth-order valence-corrected chi connectivity index (χ4v) is 9.07. The van der Waals surface area contributed by atoms with Gasteiger partial charge in [-0.15, -0.1) is 0 Å². The van der Waals surface area contributed by atoms with Gasteiger partial charge in [0.2, 0.25) is 0 Å². The summed E-state index contributed by atoms with van der Waals surface area (Å²) in [4.78, 5) is 22.7. The number of likely N-dealkylation sites (N-methyl/N-ethyl adjacent to an activating group) is 1. The van der Waals surface area contributed by atoms with E-state index in [0.29, 0.717) is 69.0 Å². The molecular weight excluding hydrogens is 650 g/mol. The first kappa shape index (κ1) is 34.4. The highest BCUT2D eigenvalue weighted by Gasteiger charge is 2.57. The zero-order valence-corrected chi connectivity index (χ0v) is 29.9. The number of methoxy groups -OCH3 is 3. The van der Waals surface area contributed by atoms with Crippen molar-refractivity contribution < 1.29 is 34.3 Å². The average molecular weight is 694 g/mol. The van der Waals surface area contributed by atoms with E-state index in [0.717, 1.165) is 16.5 Å². The summed E-state index contributed by atoms with van der Waals surface area (Å²) in [6.45, 7) is 5.19. The fraction of sp³-hybridized carbons (Fsp3) is 0.410. The van der Waals surface area contributed by atoms with Gasteiger partial charge >= 0.3 is 0 Å². The number of fused-ring (bicyclic) bond motifs is 8. The van der Waals surface area contributed by atoms with Gasteiger partial charge in [0.25, 0.3) is 5.91 Å². The number of rotatable bonds is 7. The molecule has 51 heavy (non-hydrogen) atoms. The minimum absolute atomic E-state index is 0.0151. The lowest BCUT2D eigenvalue weighted by Crippen LogP contribution is -2.68. The van der Waals surface area contributed by atoms with Gasteiger partial charge in [-0.3, -0.25) is 14.6 Å². The molecule has 4 heterocycles. The first-order valence-corrected chi connectivity index (χ1v) is 17.0. The highest BCUT2D eigenvalue weighted by Crippen LogP contribution is 2.58. The van der Waals surface area contributed by atoms with E-state index in [2.05, 4.69) is 26.2 Å². The van der Waals surface area contributed by atoms with Gasteiger partial charge in [0.15, 0.2) is 11.5 Å². The van der Waals surface area contributed by atoms with Crippen LogP contribution in [-0.4, -0.2) is 89.1 Å². The van der Waals surface area contributed by atoms with Gasteiger partial charge in [-0.2, -0.15) is 5.26 Å². The Labute approximate surface area is 296 Å². The van der Waals surface area contributed by atoms with Gasteiger partial charge in [0, 0.05) is 63.0 Å². The summed E-state index contributed by atoms with van der Waals surface area (Å²) in [6, 6.07) is 9.38. The molecule has 0 radical (unpaired) electrons. The van der Waals surface area contributed by atoms with Crippen molar-refractivity contribution in [2.45, 2.75) is 70.4 Å². The quantitative estimate of drug-likeness (QED) is 0.219. The van der Waals surface area contributed by atoms with Crippen molar-refractivity contribution in [1.29, 1.82) is 5.26 Å². The highest BCUT2D eigenvalue weighted by molar-refractivity contribution is 5.95. The molecule has 4 N–H and O–H groups in total. The number of phenols is 2. The molecule has 2 bridgehead atoms. The predicted octanol–water partition coefficient (Wildman–Crippen LogP) is 4.29. The maximum absolute atomic E-state index is 13.8. The topological polar surface area (TPSA) is 161 Å². The number of carbonyl (C=O) groups is 1. The van der Waals surface area contributed by atoms with Gasteiger partial charge in [0.05, 0.1) is 51.6 Å². The molecule has 0 spiro atoms. The number of carbonyl (C=O) groups excluding carboxylic acids is 1. The Bertz CT molecular complexity index is 2130. The minimum Gasteiger partial charge on any atom is -0.507 e. The van der Waals surface area contributed by atoms with Gasteiger partial charge in [-0.25, -0.2) is 4.98 Å². The molecule has 5 atom stereocenters. The number of benzene rings is 3. The van der Waals surface area contributed by atoms with Crippen LogP contribution in [0.4, 0.5) is 0 Å². The third-order valence-electron chi connectivity index (χ3n) is 11.3. The van der Waals surface area contributed by atoms with Gasteiger partial charge in [0.1, 0.15) is 29.0 Å². The number of phenolic OH excluding ortho intramolecular Hbond substituents is 1. The van der Waals surface area contributed by atoms with Crippen LogP contribution in [-0.2, 0) is 19.4 Å². The van der Waals surface area contributed by atoms with E-state index in [9.17, 15) is 25.4 Å². The number of aryl methyl sites for hydroxylation is 1. The normalized spacial score (nSPS) is 22.4. The summed E-state index contributed by atoms with van der Waals surface area (Å²) in [6.07, 6.45) is 0.745. The molecule has 7 rings (SSSR count). The monoisotopic (exact) mass is 693 g/mol. The van der Waals surface area contributed by atoms with Crippen molar-refractivity contribution in [3.05, 3.63) is 80.5 Å². The van der Waals surface area contributed by atoms with Crippen molar-refractivity contribution >= 4 is 16.8 Å². The molecule has 3 aliphatic heterocycles. The number of amides is 1. The van der Waals surface area contributed by atoms with Crippen LogP contribution >= 0.6 is 0 Å². The largest absolute Gasteiger partial charge is 0.507 e. The van der Waals surface area contributed by atoms with Gasteiger partial charge in [-0.1, -0.05) is 18.2 Å². The number of aliphatic hydroxyl groups excluding tert-OH is 1. The molecule has 1 fully saturated rings. The minimum atomic E-state index is -0.716. The first-order chi connectivity index (χ1) is 24.5. The van der Waals surface area contributed by atoms with Crippen LogP contribution in [0, 0.1) is 32.1 Å². The molecule has 0 saturated carbocycles. The number of nitrogens with one attached hydrogen (secondary N) is 1. The molecule has 4 aromatic rings. The molecule has 12 nitrogen and oxygen atoms in total. The summed E-state index contributed by atoms with van der Waals surface area (Å²) in [5, 5.41) is 49.1. The van der Waals surface area contributed by atoms with Crippen molar-refractivity contribution in [3.63, 3.8) is 0 Å². The predicted molar refractivity (Wildman–Crippen MR) is 190 cm³/mol. The van der Waals surface area contributed by atoms with Crippen LogP contribution in [0.25, 0.3) is 10.9 Å². The molecule has 0 aliphatic carbocycles. The van der Waals surface area contributed by atoms with Crippen molar-refractivity contribution in [1.82, 2.24) is 20.1 Å². The van der Waals surface area contributed by atoms with Gasteiger partial charge in [-0.05, 0) is 58.4 Å². The number of nitriles is 1. The maximum atomic E-state index is 13.8. The van der Waals surface area contributed by atoms with E-state index in [1.165, 1.54) is 7.11 Å². The molecule has 1 saturated heterocycles. The summed E-state index contributed by atoms with van der Waals surface area (Å²) in [5.41, 5.74) is 6.26. The first-order valence-electron chi connectivity index (χ1n) is 17.0. The average Bonchev–Trinajstić information content (AvgIpc) is 3.11. The van der Waals surface area contributed by atoms with E-state index in [-0.39, 0.29) is 29.8 Å². The lowest BCUT2D eigenvalue weighted by Gasteiger charge is -2.60. The lowest BCUT2D eigenvalue weighted by atomic mass is 9.71. The molecular formula is C39H43N5O7. The Morgan fingerprint density at radius 2 is 1.59 bits per heavy atom. The summed E-state index contributed by atoms with van der Waals surface area (Å²) < 4.78 is 17.6. The molecule has 0 unspecified atom stereocenters. The fourth-order valence-electron chi connectivity index (χ4n) is 9.07. The highest BCUT2D eigenvalue weighted by atomic mass is 16.5. The van der Waals surface area contributed by atoms with E-state index in [1.807, 2.05) is 45.2 Å². The number of aromatic hydroxyl groups is 2. The second-order valence-corrected chi connectivity index (χ2v) is 13.8. The van der Waals surface area contributed by atoms with Crippen molar-refractivity contribution in [2.24, 2.45) is 0 Å². The molecule has 266 valence electrons. The van der Waals surface area contributed by atoms with E-state index in [1.54, 1.807) is 27.2 Å². The molecule has 3 aromatic carbocycles. The third-order valence-corrected chi connectivity index (χ3v) is 11.3. The number of ether oxygens (including phenoxy) is 3. The van der Waals surface area contributed by atoms with E-state index < -0.39 is 36.7 Å². The number of hydrogen-bond donors (Lipinski definition) is 4. The Kier molecular flexibility index (Phi) is 8.70. The van der Waals surface area contributed by atoms with E-state index >= 15 is 0 Å². The Morgan fingerprint density at radius 1 is 0.941 bits per heavy atom. The molecule has 12 heteroatoms. The number of hydrogen-bond acceptors (Lipinski definition) is 11. The molecule has 1 aromatic heterocycles. The molecule has 3 aliphatic rings. The lowest BCUT2D eigenvalue weighted by molar-refractivity contribution is -0.0724. The Balaban J connectivity index is 1.40. The maximum Gasteiger partial charge on any atom is 0.269 e. The standard InChI is InChI=1S/C39H43N5O7/c1-18-8-9-21-10-11-25(42-26(21)12-18)39(48)41-16-30-31-22(36(49-5)19(2)24(17-45)34(31)46)14-28-33-32-23(13-27(43(33)4)29(15-40)44(28)30)37(50-6)20(3)38(51-7)35(32)47/h8-12,27-30,33,45-47H,13-14,16-17H2,1-7H3,(H,41,48)/t27-,28+,29+,30+,33-/m1/s1. The number of aliphatic hydroxyl groups is 1. The Hall–Kier alpha value is -5.09. The van der Waals surface area contributed by atoms with Crippen LogP contribution in [0.5, 0.6) is 28.7 Å². The number of aromatic nitrogens is 1. The molecule has 1 amide bonds. The second-order valence-electron chi connectivity index (χ2n) is 13.8. The van der Waals surface area contributed by atoms with E-state index in [4.69, 9.17) is 14.2 Å². The number of pyridine rings is 1. The number of nitrogens with zero attached hydrogens (tertiary/aromatic N) is 4. The zero-order valence-electron chi connectivity index (χ0n) is 29.9. The van der Waals surface area contributed by atoms with Crippen LogP contribution in [0.1, 0.15) is 67.1 Å². The van der Waals surface area contributed by atoms with Crippen LogP contribution in [0.3, 0.4) is 0 Å². The summed E-state index contributed by atoms with van der Waals surface area (Å²) in [5.74, 6) is 0.982. The van der Waals surface area contributed by atoms with Crippen molar-refractivity contribution in [2.75, 3.05) is 34.9 Å². The second kappa shape index (κ2) is 12.9. The van der Waals surface area contributed by atoms with Crippen LogP contribution in [0.15, 0.2) is 30.3 Å². The number of piperazine rings is 1. The summed E-state index contributed by atoms with van der Waals surface area (Å²) >= 11 is 0. The van der Waals surface area contributed by atoms with Crippen molar-refractivity contribution in [3.8, 4) is 34.8 Å². The zero-order chi connectivity index (χ0) is 36.5. The third kappa shape index (κ3) is 5.05.